The molecule has 0 saturated heterocycles. The van der Waals surface area contributed by atoms with Crippen molar-refractivity contribution < 1.29 is 19.1 Å². The number of hydrogen-bond donors (Lipinski definition) is 1. The Kier molecular flexibility index (Phi) is 5.75. The molecule has 0 radical (unpaired) electrons. The number of ether oxygens (including phenoxy) is 1. The molecule has 2 aromatic rings. The molecule has 0 saturated carbocycles. The Labute approximate surface area is 174 Å². The van der Waals surface area contributed by atoms with Gasteiger partial charge in [-0.05, 0) is 57.5 Å². The second-order valence-electron chi connectivity index (χ2n) is 7.08. The van der Waals surface area contributed by atoms with Crippen LogP contribution in [0.2, 0.25) is 0 Å². The molecule has 0 spiro atoms. The molecular weight excluding hydrogens is 392 g/mol. The first-order chi connectivity index (χ1) is 13.7. The lowest BCUT2D eigenvalue weighted by atomic mass is 10.1. The molecule has 1 aliphatic rings. The van der Waals surface area contributed by atoms with Crippen molar-refractivity contribution in [2.75, 3.05) is 10.2 Å². The van der Waals surface area contributed by atoms with Crippen LogP contribution in [0.15, 0.2) is 53.2 Å². The molecule has 3 rings (SSSR count). The molecule has 0 atom stereocenters. The molecule has 0 unspecified atom stereocenters. The number of aryl methyl sites for hydroxylation is 2. The quantitative estimate of drug-likeness (QED) is 0.585. The molecule has 6 nitrogen and oxygen atoms in total. The summed E-state index contributed by atoms with van der Waals surface area (Å²) >= 11 is 6.19. The average molecular weight is 413 g/mol. The van der Waals surface area contributed by atoms with Crippen LogP contribution in [0.3, 0.4) is 0 Å². The Morgan fingerprint density at radius 2 is 1.79 bits per heavy atom. The Balaban J connectivity index is 1.89. The molecule has 1 N–H and O–H groups in total. The van der Waals surface area contributed by atoms with E-state index in [2.05, 4.69) is 5.32 Å². The Hall–Kier alpha value is -3.12. The molecule has 150 valence electrons. The van der Waals surface area contributed by atoms with E-state index in [9.17, 15) is 14.4 Å². The molecule has 2 aromatic carbocycles. The van der Waals surface area contributed by atoms with Gasteiger partial charge in [0.05, 0.1) is 17.4 Å². The number of amides is 2. The summed E-state index contributed by atoms with van der Waals surface area (Å²) in [4.78, 5) is 38.7. The van der Waals surface area contributed by atoms with E-state index in [1.165, 1.54) is 6.07 Å². The Morgan fingerprint density at radius 1 is 1.07 bits per heavy atom. The normalized spacial score (nSPS) is 14.1. The van der Waals surface area contributed by atoms with E-state index in [1.54, 1.807) is 32.0 Å². The van der Waals surface area contributed by atoms with Gasteiger partial charge in [0.2, 0.25) is 0 Å². The third kappa shape index (κ3) is 4.17. The molecule has 7 heteroatoms. The van der Waals surface area contributed by atoms with Crippen molar-refractivity contribution in [3.05, 3.63) is 69.9 Å². The molecule has 29 heavy (non-hydrogen) atoms. The van der Waals surface area contributed by atoms with Crippen molar-refractivity contribution in [2.45, 2.75) is 33.8 Å². The number of imide groups is 1. The van der Waals surface area contributed by atoms with E-state index >= 15 is 0 Å². The third-order valence-electron chi connectivity index (χ3n) is 4.35. The highest BCUT2D eigenvalue weighted by atomic mass is 35.5. The predicted molar refractivity (Wildman–Crippen MR) is 112 cm³/mol. The third-order valence-corrected chi connectivity index (χ3v) is 4.70. The van der Waals surface area contributed by atoms with Crippen molar-refractivity contribution >= 4 is 40.8 Å². The van der Waals surface area contributed by atoms with Gasteiger partial charge in [0.15, 0.2) is 0 Å². The van der Waals surface area contributed by atoms with Gasteiger partial charge in [-0.1, -0.05) is 35.4 Å². The van der Waals surface area contributed by atoms with Gasteiger partial charge in [0.25, 0.3) is 11.8 Å². The van der Waals surface area contributed by atoms with E-state index in [1.807, 2.05) is 32.0 Å². The molecule has 0 bridgehead atoms. The molecule has 0 fully saturated rings. The SMILES string of the molecule is Cc1ccc(NC2=C(Cl)C(=O)N(c3cccc(C(=O)OC(C)C)c3)C2=O)c(C)c1. The Morgan fingerprint density at radius 3 is 2.45 bits per heavy atom. The van der Waals surface area contributed by atoms with E-state index in [-0.39, 0.29) is 28.1 Å². The standard InChI is InChI=1S/C22H21ClN2O4/c1-12(2)29-22(28)15-6-5-7-16(11-15)25-20(26)18(23)19(21(25)27)24-17-9-8-13(3)10-14(17)4/h5-12,24H,1-4H3. The summed E-state index contributed by atoms with van der Waals surface area (Å²) in [6.07, 6.45) is -0.286. The van der Waals surface area contributed by atoms with Gasteiger partial charge in [-0.3, -0.25) is 9.59 Å². The minimum absolute atomic E-state index is 0.00113. The molecule has 2 amide bonds. The number of esters is 1. The van der Waals surface area contributed by atoms with Crippen molar-refractivity contribution in [3.63, 3.8) is 0 Å². The summed E-state index contributed by atoms with van der Waals surface area (Å²) in [5.74, 6) is -1.78. The van der Waals surface area contributed by atoms with Crippen LogP contribution in [0, 0.1) is 13.8 Å². The highest BCUT2D eigenvalue weighted by molar-refractivity contribution is 6.53. The first kappa shape index (κ1) is 20.6. The lowest BCUT2D eigenvalue weighted by molar-refractivity contribution is -0.120. The van der Waals surface area contributed by atoms with Crippen molar-refractivity contribution in [2.24, 2.45) is 0 Å². The average Bonchev–Trinajstić information content (AvgIpc) is 2.86. The van der Waals surface area contributed by atoms with Crippen LogP contribution in [0.1, 0.15) is 35.3 Å². The molecule has 1 aliphatic heterocycles. The van der Waals surface area contributed by atoms with Gasteiger partial charge in [0, 0.05) is 5.69 Å². The first-order valence-electron chi connectivity index (χ1n) is 9.13. The van der Waals surface area contributed by atoms with Crippen molar-refractivity contribution in [1.29, 1.82) is 0 Å². The maximum atomic E-state index is 13.0. The lowest BCUT2D eigenvalue weighted by Crippen LogP contribution is -2.32. The minimum atomic E-state index is -0.654. The van der Waals surface area contributed by atoms with Gasteiger partial charge >= 0.3 is 5.97 Å². The number of rotatable bonds is 5. The molecule has 0 aliphatic carbocycles. The van der Waals surface area contributed by atoms with Gasteiger partial charge in [-0.15, -0.1) is 0 Å². The number of benzene rings is 2. The topological polar surface area (TPSA) is 75.7 Å². The predicted octanol–water partition coefficient (Wildman–Crippen LogP) is 4.30. The van der Waals surface area contributed by atoms with Crippen LogP contribution < -0.4 is 10.2 Å². The zero-order valence-corrected chi connectivity index (χ0v) is 17.3. The summed E-state index contributed by atoms with van der Waals surface area (Å²) in [6, 6.07) is 11.8. The van der Waals surface area contributed by atoms with Crippen LogP contribution in [0.4, 0.5) is 11.4 Å². The van der Waals surface area contributed by atoms with Crippen LogP contribution in [0.5, 0.6) is 0 Å². The van der Waals surface area contributed by atoms with Crippen LogP contribution >= 0.6 is 11.6 Å². The van der Waals surface area contributed by atoms with E-state index < -0.39 is 17.8 Å². The fraction of sp³-hybridized carbons (Fsp3) is 0.227. The first-order valence-corrected chi connectivity index (χ1v) is 9.50. The summed E-state index contributed by atoms with van der Waals surface area (Å²) in [5.41, 5.74) is 3.16. The van der Waals surface area contributed by atoms with Gasteiger partial charge in [-0.2, -0.15) is 0 Å². The lowest BCUT2D eigenvalue weighted by Gasteiger charge is -2.17. The number of nitrogens with zero attached hydrogens (tertiary/aromatic N) is 1. The number of anilines is 2. The van der Waals surface area contributed by atoms with Crippen molar-refractivity contribution in [3.8, 4) is 0 Å². The molecule has 1 heterocycles. The van der Waals surface area contributed by atoms with E-state index in [0.717, 1.165) is 16.0 Å². The fourth-order valence-corrected chi connectivity index (χ4v) is 3.20. The second-order valence-corrected chi connectivity index (χ2v) is 7.46. The van der Waals surface area contributed by atoms with Gasteiger partial charge < -0.3 is 10.1 Å². The number of carbonyl (C=O) groups excluding carboxylic acids is 3. The zero-order valence-electron chi connectivity index (χ0n) is 16.6. The Bertz CT molecular complexity index is 1040. The highest BCUT2D eigenvalue weighted by Crippen LogP contribution is 2.31. The number of carbonyl (C=O) groups is 3. The monoisotopic (exact) mass is 412 g/mol. The maximum Gasteiger partial charge on any atom is 0.338 e. The van der Waals surface area contributed by atoms with E-state index in [4.69, 9.17) is 16.3 Å². The summed E-state index contributed by atoms with van der Waals surface area (Å²) in [7, 11) is 0. The number of hydrogen-bond acceptors (Lipinski definition) is 5. The van der Waals surface area contributed by atoms with Gasteiger partial charge in [-0.25, -0.2) is 9.69 Å². The van der Waals surface area contributed by atoms with Crippen LogP contribution in [-0.2, 0) is 14.3 Å². The largest absolute Gasteiger partial charge is 0.459 e. The zero-order chi connectivity index (χ0) is 21.3. The van der Waals surface area contributed by atoms with Crippen LogP contribution in [0.25, 0.3) is 0 Å². The number of halogens is 1. The second kappa shape index (κ2) is 8.09. The highest BCUT2D eigenvalue weighted by Gasteiger charge is 2.39. The van der Waals surface area contributed by atoms with Crippen LogP contribution in [-0.4, -0.2) is 23.9 Å². The fourth-order valence-electron chi connectivity index (χ4n) is 2.99. The summed E-state index contributed by atoms with van der Waals surface area (Å²) < 4.78 is 5.18. The number of nitrogens with one attached hydrogen (secondary N) is 1. The van der Waals surface area contributed by atoms with Crippen molar-refractivity contribution in [1.82, 2.24) is 0 Å². The minimum Gasteiger partial charge on any atom is -0.459 e. The summed E-state index contributed by atoms with van der Waals surface area (Å²) in [5, 5.41) is 2.77. The molecule has 0 aromatic heterocycles. The summed E-state index contributed by atoms with van der Waals surface area (Å²) in [6.45, 7) is 7.34. The van der Waals surface area contributed by atoms with E-state index in [0.29, 0.717) is 5.69 Å². The molecular formula is C22H21ClN2O4. The van der Waals surface area contributed by atoms with Gasteiger partial charge in [0.1, 0.15) is 10.7 Å². The maximum absolute atomic E-state index is 13.0. The smallest absolute Gasteiger partial charge is 0.338 e.